The number of pyridine rings is 1. The van der Waals surface area contributed by atoms with Crippen LogP contribution in [0.15, 0.2) is 53.5 Å². The number of benzene rings is 1. The van der Waals surface area contributed by atoms with Crippen molar-refractivity contribution in [1.82, 2.24) is 9.38 Å². The molecule has 0 aliphatic carbocycles. The number of fused-ring (bicyclic) bond motifs is 1. The maximum atomic E-state index is 12.4. The van der Waals surface area contributed by atoms with E-state index in [9.17, 15) is 4.79 Å². The average molecular weight is 362 g/mol. The molecular formula is C22H26N4O. The monoisotopic (exact) mass is 362 g/mol. The van der Waals surface area contributed by atoms with Gasteiger partial charge >= 0.3 is 0 Å². The first kappa shape index (κ1) is 17.6. The minimum absolute atomic E-state index is 0.0405. The lowest BCUT2D eigenvalue weighted by Crippen LogP contribution is -2.25. The fourth-order valence-corrected chi connectivity index (χ4v) is 3.80. The third-order valence-electron chi connectivity index (χ3n) is 5.25. The van der Waals surface area contributed by atoms with Gasteiger partial charge in [-0.1, -0.05) is 31.0 Å². The molecule has 27 heavy (non-hydrogen) atoms. The zero-order valence-electron chi connectivity index (χ0n) is 15.8. The molecule has 1 aromatic carbocycles. The summed E-state index contributed by atoms with van der Waals surface area (Å²) in [6.45, 7) is 4.72. The second-order valence-electron chi connectivity index (χ2n) is 7.24. The van der Waals surface area contributed by atoms with Gasteiger partial charge in [0.1, 0.15) is 5.65 Å². The van der Waals surface area contributed by atoms with Gasteiger partial charge in [-0.3, -0.25) is 9.20 Å². The summed E-state index contributed by atoms with van der Waals surface area (Å²) in [7, 11) is 0. The minimum atomic E-state index is -0.0405. The summed E-state index contributed by atoms with van der Waals surface area (Å²) < 4.78 is 1.60. The molecule has 0 spiro atoms. The molecule has 5 heteroatoms. The number of aromatic nitrogens is 2. The molecule has 2 aromatic heterocycles. The summed E-state index contributed by atoms with van der Waals surface area (Å²) in [5, 5.41) is 3.51. The highest BCUT2D eigenvalue weighted by molar-refractivity contribution is 5.70. The largest absolute Gasteiger partial charge is 0.378 e. The predicted octanol–water partition coefficient (Wildman–Crippen LogP) is 4.00. The molecule has 1 aliphatic heterocycles. The van der Waals surface area contributed by atoms with Gasteiger partial charge in [-0.25, -0.2) is 4.98 Å². The van der Waals surface area contributed by atoms with Crippen molar-refractivity contribution in [2.45, 2.75) is 39.2 Å². The Hall–Kier alpha value is -2.82. The lowest BCUT2D eigenvalue weighted by atomic mass is 10.2. The Morgan fingerprint density at radius 2 is 1.81 bits per heavy atom. The second-order valence-corrected chi connectivity index (χ2v) is 7.24. The number of rotatable bonds is 4. The average Bonchev–Trinajstić information content (AvgIpc) is 2.97. The highest BCUT2D eigenvalue weighted by Crippen LogP contribution is 2.28. The van der Waals surface area contributed by atoms with Gasteiger partial charge in [0.15, 0.2) is 0 Å². The van der Waals surface area contributed by atoms with Crippen LogP contribution in [0.2, 0.25) is 0 Å². The van der Waals surface area contributed by atoms with Gasteiger partial charge in [-0.15, -0.1) is 0 Å². The molecule has 4 rings (SSSR count). The van der Waals surface area contributed by atoms with Crippen molar-refractivity contribution < 1.29 is 0 Å². The summed E-state index contributed by atoms with van der Waals surface area (Å²) in [5.74, 6) is 0. The van der Waals surface area contributed by atoms with Gasteiger partial charge in [-0.2, -0.15) is 0 Å². The Kier molecular flexibility index (Phi) is 5.10. The van der Waals surface area contributed by atoms with E-state index in [1.165, 1.54) is 31.4 Å². The van der Waals surface area contributed by atoms with Crippen LogP contribution in [0.1, 0.15) is 36.9 Å². The molecular weight excluding hydrogens is 336 g/mol. The van der Waals surface area contributed by atoms with Crippen molar-refractivity contribution in [3.63, 3.8) is 0 Å². The van der Waals surface area contributed by atoms with Crippen molar-refractivity contribution in [2.24, 2.45) is 0 Å². The Labute approximate surface area is 159 Å². The summed E-state index contributed by atoms with van der Waals surface area (Å²) in [4.78, 5) is 19.6. The fraction of sp³-hybridized carbons (Fsp3) is 0.364. The molecule has 1 N–H and O–H groups in total. The normalized spacial score (nSPS) is 14.9. The quantitative estimate of drug-likeness (QED) is 0.762. The van der Waals surface area contributed by atoms with E-state index < -0.39 is 0 Å². The summed E-state index contributed by atoms with van der Waals surface area (Å²) in [6.07, 6.45) is 6.89. The van der Waals surface area contributed by atoms with Crippen LogP contribution in [0.5, 0.6) is 0 Å². The Bertz CT molecular complexity index is 987. The maximum absolute atomic E-state index is 12.4. The van der Waals surface area contributed by atoms with Crippen LogP contribution < -0.4 is 15.8 Å². The SMILES string of the molecule is Cc1cccn2c(=O)cc(CNc3ccccc3N3CCCCCC3)nc12. The zero-order chi connectivity index (χ0) is 18.6. The molecule has 3 heterocycles. The first-order valence-electron chi connectivity index (χ1n) is 9.78. The van der Waals surface area contributed by atoms with Gasteiger partial charge in [0.25, 0.3) is 5.56 Å². The number of nitrogens with zero attached hydrogens (tertiary/aromatic N) is 3. The van der Waals surface area contributed by atoms with E-state index in [1.807, 2.05) is 19.1 Å². The first-order valence-corrected chi connectivity index (χ1v) is 9.78. The van der Waals surface area contributed by atoms with E-state index in [-0.39, 0.29) is 5.56 Å². The molecule has 1 saturated heterocycles. The lowest BCUT2D eigenvalue weighted by Gasteiger charge is -2.25. The van der Waals surface area contributed by atoms with Crippen molar-refractivity contribution in [2.75, 3.05) is 23.3 Å². The van der Waals surface area contributed by atoms with E-state index in [0.29, 0.717) is 6.54 Å². The highest BCUT2D eigenvalue weighted by atomic mass is 16.1. The fourth-order valence-electron chi connectivity index (χ4n) is 3.80. The standard InChI is InChI=1S/C22H26N4O/c1-17-9-8-14-26-21(27)15-18(24-22(17)26)16-23-19-10-4-5-11-20(19)25-12-6-2-3-7-13-25/h4-5,8-11,14-15,23H,2-3,6-7,12-13,16H2,1H3. The molecule has 3 aromatic rings. The molecule has 0 bridgehead atoms. The molecule has 0 amide bonds. The van der Waals surface area contributed by atoms with Crippen LogP contribution in [0.3, 0.4) is 0 Å². The van der Waals surface area contributed by atoms with Gasteiger partial charge < -0.3 is 10.2 Å². The van der Waals surface area contributed by atoms with Crippen LogP contribution >= 0.6 is 0 Å². The van der Waals surface area contributed by atoms with E-state index in [4.69, 9.17) is 4.98 Å². The number of hydrogen-bond acceptors (Lipinski definition) is 4. The number of nitrogens with one attached hydrogen (secondary N) is 1. The third kappa shape index (κ3) is 3.82. The Balaban J connectivity index is 1.58. The van der Waals surface area contributed by atoms with Gasteiger partial charge in [0, 0.05) is 25.4 Å². The van der Waals surface area contributed by atoms with Crippen molar-refractivity contribution in [1.29, 1.82) is 0 Å². The summed E-state index contributed by atoms with van der Waals surface area (Å²) >= 11 is 0. The minimum Gasteiger partial charge on any atom is -0.378 e. The molecule has 1 fully saturated rings. The third-order valence-corrected chi connectivity index (χ3v) is 5.25. The lowest BCUT2D eigenvalue weighted by molar-refractivity contribution is 0.726. The van der Waals surface area contributed by atoms with Crippen molar-refractivity contribution in [3.05, 3.63) is 70.3 Å². The smallest absolute Gasteiger partial charge is 0.258 e. The Morgan fingerprint density at radius 1 is 1.04 bits per heavy atom. The molecule has 1 aliphatic rings. The first-order chi connectivity index (χ1) is 13.2. The van der Waals surface area contributed by atoms with Crippen LogP contribution in [0.25, 0.3) is 5.65 Å². The second kappa shape index (κ2) is 7.82. The van der Waals surface area contributed by atoms with Crippen LogP contribution in [-0.2, 0) is 6.54 Å². The molecule has 140 valence electrons. The zero-order valence-corrected chi connectivity index (χ0v) is 15.8. The summed E-state index contributed by atoms with van der Waals surface area (Å²) in [5.41, 5.74) is 4.80. The number of hydrogen-bond donors (Lipinski definition) is 1. The molecule has 0 atom stereocenters. The topological polar surface area (TPSA) is 49.6 Å². The van der Waals surface area contributed by atoms with Crippen molar-refractivity contribution >= 4 is 17.0 Å². The number of anilines is 2. The molecule has 5 nitrogen and oxygen atoms in total. The van der Waals surface area contributed by atoms with E-state index in [2.05, 4.69) is 34.5 Å². The molecule has 0 unspecified atom stereocenters. The van der Waals surface area contributed by atoms with Gasteiger partial charge in [0.05, 0.1) is 23.6 Å². The van der Waals surface area contributed by atoms with Crippen molar-refractivity contribution in [3.8, 4) is 0 Å². The van der Waals surface area contributed by atoms with Gasteiger partial charge in [0.2, 0.25) is 0 Å². The number of aryl methyl sites for hydroxylation is 1. The van der Waals surface area contributed by atoms with Crippen LogP contribution in [0, 0.1) is 6.92 Å². The maximum Gasteiger partial charge on any atom is 0.258 e. The van der Waals surface area contributed by atoms with Crippen LogP contribution in [0.4, 0.5) is 11.4 Å². The van der Waals surface area contributed by atoms with E-state index in [1.54, 1.807) is 16.7 Å². The Morgan fingerprint density at radius 3 is 2.63 bits per heavy atom. The van der Waals surface area contributed by atoms with E-state index in [0.717, 1.165) is 35.7 Å². The number of para-hydroxylation sites is 2. The molecule has 0 saturated carbocycles. The van der Waals surface area contributed by atoms with E-state index >= 15 is 0 Å². The molecule has 0 radical (unpaired) electrons. The summed E-state index contributed by atoms with van der Waals surface area (Å²) in [6, 6.07) is 13.9. The highest BCUT2D eigenvalue weighted by Gasteiger charge is 2.13. The van der Waals surface area contributed by atoms with Gasteiger partial charge in [-0.05, 0) is 43.5 Å². The van der Waals surface area contributed by atoms with Crippen LogP contribution in [-0.4, -0.2) is 22.5 Å². The predicted molar refractivity (Wildman–Crippen MR) is 111 cm³/mol.